The Bertz CT molecular complexity index is 1550. The van der Waals surface area contributed by atoms with Crippen molar-refractivity contribution >= 4 is 17.5 Å². The summed E-state index contributed by atoms with van der Waals surface area (Å²) in [6, 6.07) is 7.27. The van der Waals surface area contributed by atoms with E-state index in [4.69, 9.17) is 4.42 Å². The van der Waals surface area contributed by atoms with Crippen molar-refractivity contribution in [3.8, 4) is 11.3 Å². The quantitative estimate of drug-likeness (QED) is 0.268. The minimum absolute atomic E-state index is 0.307. The number of nitrogens with one attached hydrogen (secondary N) is 2. The van der Waals surface area contributed by atoms with Gasteiger partial charge in [0.1, 0.15) is 5.41 Å². The number of halogens is 2. The van der Waals surface area contributed by atoms with E-state index in [1.165, 1.54) is 13.8 Å². The second-order valence-corrected chi connectivity index (χ2v) is 11.0. The fourth-order valence-corrected chi connectivity index (χ4v) is 4.79. The van der Waals surface area contributed by atoms with Crippen LogP contribution in [0.3, 0.4) is 0 Å². The lowest BCUT2D eigenvalue weighted by molar-refractivity contribution is 0.0527. The monoisotopic (exact) mass is 581 g/mol. The third kappa shape index (κ3) is 6.44. The maximum Gasteiger partial charge on any atom is 0.309 e. The van der Waals surface area contributed by atoms with Crippen molar-refractivity contribution in [2.24, 2.45) is 7.05 Å². The molecule has 0 fully saturated rings. The van der Waals surface area contributed by atoms with Crippen LogP contribution in [0.4, 0.5) is 20.4 Å². The van der Waals surface area contributed by atoms with Gasteiger partial charge in [-0.05, 0) is 50.5 Å². The van der Waals surface area contributed by atoms with E-state index in [0.29, 0.717) is 37.7 Å². The Morgan fingerprint density at radius 1 is 1.26 bits per heavy atom. The first-order valence-corrected chi connectivity index (χ1v) is 13.5. The molecule has 1 aliphatic rings. The summed E-state index contributed by atoms with van der Waals surface area (Å²) in [6.07, 6.45) is 2.43. The second-order valence-electron chi connectivity index (χ2n) is 11.0. The molecule has 42 heavy (non-hydrogen) atoms. The van der Waals surface area contributed by atoms with Crippen LogP contribution in [0, 0.1) is 0 Å². The summed E-state index contributed by atoms with van der Waals surface area (Å²) in [5.41, 5.74) is 2.45. The average Bonchev–Trinajstić information content (AvgIpc) is 3.57. The predicted molar refractivity (Wildman–Crippen MR) is 149 cm³/mol. The van der Waals surface area contributed by atoms with Crippen molar-refractivity contribution < 1.29 is 23.1 Å². The number of nitrogens with zero attached hydrogens (tertiary/aromatic N) is 7. The molecule has 1 aromatic carbocycles. The SMILES string of the molecule is CC(O)CN1CCC(NC(=O)c2nnc(C(C)(C)C(F)F)o2)c2ccc(-c3ccnc(Nc4cnn(C)c4)n3)cc2C1. The van der Waals surface area contributed by atoms with Gasteiger partial charge in [0.05, 0.1) is 29.7 Å². The highest BCUT2D eigenvalue weighted by Crippen LogP contribution is 2.32. The van der Waals surface area contributed by atoms with Gasteiger partial charge in [0, 0.05) is 44.6 Å². The highest BCUT2D eigenvalue weighted by molar-refractivity contribution is 5.89. The molecule has 14 heteroatoms. The van der Waals surface area contributed by atoms with Gasteiger partial charge in [0.25, 0.3) is 6.43 Å². The Labute approximate surface area is 241 Å². The van der Waals surface area contributed by atoms with E-state index < -0.39 is 29.9 Å². The fraction of sp³-hybridized carbons (Fsp3) is 0.429. The number of fused-ring (bicyclic) bond motifs is 1. The predicted octanol–water partition coefficient (Wildman–Crippen LogP) is 3.60. The number of hydrogen-bond acceptors (Lipinski definition) is 10. The molecule has 2 unspecified atom stereocenters. The number of benzene rings is 1. The summed E-state index contributed by atoms with van der Waals surface area (Å²) in [4.78, 5) is 24.2. The van der Waals surface area contributed by atoms with E-state index >= 15 is 0 Å². The molecule has 0 saturated heterocycles. The topological polar surface area (TPSA) is 147 Å². The van der Waals surface area contributed by atoms with Crippen molar-refractivity contribution in [3.05, 3.63) is 65.8 Å². The van der Waals surface area contributed by atoms with Crippen LogP contribution in [0.1, 0.15) is 60.9 Å². The number of carbonyl (C=O) groups excluding carboxylic acids is 1. The summed E-state index contributed by atoms with van der Waals surface area (Å²) in [7, 11) is 1.82. The third-order valence-electron chi connectivity index (χ3n) is 7.10. The first-order chi connectivity index (χ1) is 20.0. The van der Waals surface area contributed by atoms with E-state index in [1.807, 2.05) is 37.5 Å². The van der Waals surface area contributed by atoms with Gasteiger partial charge >= 0.3 is 11.8 Å². The molecular weight excluding hydrogens is 548 g/mol. The molecule has 0 radical (unpaired) electrons. The summed E-state index contributed by atoms with van der Waals surface area (Å²) in [5, 5.41) is 27.7. The van der Waals surface area contributed by atoms with Gasteiger partial charge in [-0.1, -0.05) is 12.1 Å². The standard InChI is InChI=1S/C28H33F2N9O3/c1-16(40)13-39-10-8-22(34-23(41)24-36-37-26(42-24)28(2,3)25(29)30)20-6-5-17(11-18(20)14-39)21-7-9-31-27(35-21)33-19-12-32-38(4)15-19/h5-7,9,11-12,15-16,22,25,40H,8,10,13-14H2,1-4H3,(H,34,41)(H,31,33,35). The van der Waals surface area contributed by atoms with E-state index in [9.17, 15) is 18.7 Å². The molecule has 4 heterocycles. The lowest BCUT2D eigenvalue weighted by Gasteiger charge is -2.22. The minimum atomic E-state index is -2.74. The van der Waals surface area contributed by atoms with Gasteiger partial charge in [-0.15, -0.1) is 10.2 Å². The van der Waals surface area contributed by atoms with Gasteiger partial charge in [0.2, 0.25) is 11.8 Å². The number of aryl methyl sites for hydroxylation is 1. The maximum atomic E-state index is 13.4. The van der Waals surface area contributed by atoms with E-state index in [2.05, 4.69) is 40.8 Å². The first-order valence-electron chi connectivity index (χ1n) is 13.5. The number of anilines is 2. The Hall–Kier alpha value is -4.30. The molecule has 5 rings (SSSR count). The molecule has 4 aromatic rings. The molecule has 12 nitrogen and oxygen atoms in total. The van der Waals surface area contributed by atoms with Crippen LogP contribution in [0.15, 0.2) is 47.3 Å². The Kier molecular flexibility index (Phi) is 8.27. The van der Waals surface area contributed by atoms with Gasteiger partial charge in [-0.2, -0.15) is 5.10 Å². The van der Waals surface area contributed by atoms with Crippen molar-refractivity contribution in [2.75, 3.05) is 18.4 Å². The number of amides is 1. The molecule has 0 aliphatic carbocycles. The maximum absolute atomic E-state index is 13.4. The van der Waals surface area contributed by atoms with Crippen LogP contribution in [0.2, 0.25) is 0 Å². The van der Waals surface area contributed by atoms with E-state index in [0.717, 1.165) is 22.4 Å². The summed E-state index contributed by atoms with van der Waals surface area (Å²) < 4.78 is 33.9. The molecule has 3 aromatic heterocycles. The zero-order valence-electron chi connectivity index (χ0n) is 23.8. The van der Waals surface area contributed by atoms with Crippen molar-refractivity contribution in [2.45, 2.75) is 57.7 Å². The molecule has 1 amide bonds. The van der Waals surface area contributed by atoms with Crippen molar-refractivity contribution in [1.82, 2.24) is 40.2 Å². The lowest BCUT2D eigenvalue weighted by atomic mass is 9.94. The number of β-amino-alcohol motifs (C(OH)–C–C–N with tert-alkyl or cyclic N) is 1. The molecule has 1 aliphatic heterocycles. The third-order valence-corrected chi connectivity index (χ3v) is 7.10. The van der Waals surface area contributed by atoms with Gasteiger partial charge in [-0.25, -0.2) is 18.7 Å². The van der Waals surface area contributed by atoms with Gasteiger partial charge in [0.15, 0.2) is 0 Å². The zero-order valence-corrected chi connectivity index (χ0v) is 23.8. The van der Waals surface area contributed by atoms with E-state index in [-0.39, 0.29) is 11.8 Å². The molecule has 3 N–H and O–H groups in total. The highest BCUT2D eigenvalue weighted by atomic mass is 19.3. The first kappa shape index (κ1) is 29.2. The highest BCUT2D eigenvalue weighted by Gasteiger charge is 2.38. The van der Waals surface area contributed by atoms with E-state index in [1.54, 1.807) is 24.0 Å². The van der Waals surface area contributed by atoms with Crippen molar-refractivity contribution in [1.29, 1.82) is 0 Å². The minimum Gasteiger partial charge on any atom is -0.416 e. The molecule has 0 spiro atoms. The number of carbonyl (C=O) groups is 1. The lowest BCUT2D eigenvalue weighted by Crippen LogP contribution is -2.32. The molecule has 0 saturated carbocycles. The zero-order chi connectivity index (χ0) is 30.0. The van der Waals surface area contributed by atoms with Gasteiger partial charge < -0.3 is 20.2 Å². The Morgan fingerprint density at radius 3 is 2.79 bits per heavy atom. The summed E-state index contributed by atoms with van der Waals surface area (Å²) >= 11 is 0. The smallest absolute Gasteiger partial charge is 0.309 e. The summed E-state index contributed by atoms with van der Waals surface area (Å²) in [6.45, 7) is 5.87. The number of aromatic nitrogens is 6. The number of alkyl halides is 2. The van der Waals surface area contributed by atoms with Crippen LogP contribution in [0.5, 0.6) is 0 Å². The van der Waals surface area contributed by atoms with Crippen molar-refractivity contribution in [3.63, 3.8) is 0 Å². The number of aliphatic hydroxyl groups is 1. The summed E-state index contributed by atoms with van der Waals surface area (Å²) in [5.74, 6) is -0.912. The van der Waals surface area contributed by atoms with Crippen LogP contribution in [-0.4, -0.2) is 71.5 Å². The van der Waals surface area contributed by atoms with Crippen LogP contribution in [-0.2, 0) is 19.0 Å². The second kappa shape index (κ2) is 11.9. The number of hydrogen-bond donors (Lipinski definition) is 3. The normalized spacial score (nSPS) is 16.6. The van der Waals surface area contributed by atoms with Crippen LogP contribution >= 0.6 is 0 Å². The Morgan fingerprint density at radius 2 is 2.07 bits per heavy atom. The largest absolute Gasteiger partial charge is 0.416 e. The van der Waals surface area contributed by atoms with Crippen LogP contribution < -0.4 is 10.6 Å². The molecule has 222 valence electrons. The fourth-order valence-electron chi connectivity index (χ4n) is 4.79. The molecule has 2 atom stereocenters. The Balaban J connectivity index is 1.41. The van der Waals surface area contributed by atoms with Gasteiger partial charge in [-0.3, -0.25) is 14.4 Å². The number of rotatable bonds is 9. The van der Waals surface area contributed by atoms with Crippen LogP contribution in [0.25, 0.3) is 11.3 Å². The molecule has 0 bridgehead atoms. The number of aliphatic hydroxyl groups excluding tert-OH is 1. The average molecular weight is 582 g/mol. The molecular formula is C28H33F2N9O3.